The van der Waals surface area contributed by atoms with E-state index in [0.717, 1.165) is 5.82 Å². The lowest BCUT2D eigenvalue weighted by molar-refractivity contribution is -0.115. The molecule has 5 nitrogen and oxygen atoms in total. The second-order valence-electron chi connectivity index (χ2n) is 3.74. The van der Waals surface area contributed by atoms with Crippen molar-refractivity contribution >= 4 is 23.4 Å². The molecule has 1 amide bonds. The van der Waals surface area contributed by atoms with Crippen LogP contribution >= 0.6 is 11.8 Å². The number of anilines is 1. The van der Waals surface area contributed by atoms with Crippen molar-refractivity contribution in [3.05, 3.63) is 37.1 Å². The van der Waals surface area contributed by atoms with Gasteiger partial charge in [0, 0.05) is 12.4 Å². The number of thioether (sulfide) groups is 1. The van der Waals surface area contributed by atoms with Crippen molar-refractivity contribution in [2.75, 3.05) is 11.6 Å². The molecule has 1 atom stereocenters. The van der Waals surface area contributed by atoms with Crippen LogP contribution in [0, 0.1) is 0 Å². The summed E-state index contributed by atoms with van der Waals surface area (Å²) in [6, 6.07) is 3.66. The minimum absolute atomic E-state index is 0.0142. The van der Waals surface area contributed by atoms with Gasteiger partial charge < -0.3 is 5.32 Å². The van der Waals surface area contributed by atoms with Gasteiger partial charge in [-0.1, -0.05) is 0 Å². The van der Waals surface area contributed by atoms with Crippen molar-refractivity contribution in [3.8, 4) is 5.82 Å². The highest BCUT2D eigenvalue weighted by Gasteiger charge is 2.11. The zero-order valence-corrected chi connectivity index (χ0v) is 11.0. The van der Waals surface area contributed by atoms with Crippen molar-refractivity contribution < 1.29 is 4.79 Å². The molecular weight excluding hydrogens is 248 g/mol. The third-order valence-corrected chi connectivity index (χ3v) is 3.43. The van der Waals surface area contributed by atoms with Crippen molar-refractivity contribution in [1.82, 2.24) is 14.5 Å². The van der Waals surface area contributed by atoms with E-state index in [9.17, 15) is 4.79 Å². The lowest BCUT2D eigenvalue weighted by Crippen LogP contribution is -2.22. The van der Waals surface area contributed by atoms with E-state index < -0.39 is 0 Å². The highest BCUT2D eigenvalue weighted by atomic mass is 32.2. The highest BCUT2D eigenvalue weighted by molar-refractivity contribution is 7.99. The van der Waals surface area contributed by atoms with Crippen LogP contribution in [0.15, 0.2) is 37.1 Å². The minimum atomic E-state index is -0.0710. The Morgan fingerprint density at radius 3 is 2.89 bits per heavy atom. The summed E-state index contributed by atoms with van der Waals surface area (Å²) in [6.07, 6.45) is 8.73. The standard InChI is InChI=1S/C12H14N4OS/c1-9(18-2)12(17)15-10-3-4-11(14-7-10)16-6-5-13-8-16/h3-9H,1-2H3,(H,15,17)/t9-/m1/s1. The van der Waals surface area contributed by atoms with Gasteiger partial charge in [0.05, 0.1) is 17.1 Å². The Balaban J connectivity index is 2.06. The van der Waals surface area contributed by atoms with Gasteiger partial charge in [-0.2, -0.15) is 11.8 Å². The Morgan fingerprint density at radius 2 is 2.33 bits per heavy atom. The van der Waals surface area contributed by atoms with Gasteiger partial charge >= 0.3 is 0 Å². The van der Waals surface area contributed by atoms with Gasteiger partial charge in [0.1, 0.15) is 12.1 Å². The van der Waals surface area contributed by atoms with Gasteiger partial charge in [-0.25, -0.2) is 9.97 Å². The first kappa shape index (κ1) is 12.6. The molecule has 0 saturated heterocycles. The maximum atomic E-state index is 11.7. The summed E-state index contributed by atoms with van der Waals surface area (Å²) >= 11 is 1.51. The molecule has 6 heteroatoms. The number of carbonyl (C=O) groups excluding carboxylic acids is 1. The number of nitrogens with one attached hydrogen (secondary N) is 1. The van der Waals surface area contributed by atoms with E-state index in [2.05, 4.69) is 15.3 Å². The molecule has 0 saturated carbocycles. The Kier molecular flexibility index (Phi) is 3.99. The smallest absolute Gasteiger partial charge is 0.237 e. The maximum Gasteiger partial charge on any atom is 0.237 e. The van der Waals surface area contributed by atoms with Crippen LogP contribution in [0.1, 0.15) is 6.92 Å². The van der Waals surface area contributed by atoms with Crippen LogP contribution in [0.4, 0.5) is 5.69 Å². The molecule has 0 fully saturated rings. The van der Waals surface area contributed by atoms with E-state index in [1.807, 2.05) is 31.5 Å². The summed E-state index contributed by atoms with van der Waals surface area (Å²) in [4.78, 5) is 19.9. The summed E-state index contributed by atoms with van der Waals surface area (Å²) < 4.78 is 1.80. The normalized spacial score (nSPS) is 12.1. The molecule has 1 N–H and O–H groups in total. The van der Waals surface area contributed by atoms with E-state index in [0.29, 0.717) is 5.69 Å². The second-order valence-corrected chi connectivity index (χ2v) is 4.92. The van der Waals surface area contributed by atoms with Crippen LogP contribution in [-0.2, 0) is 4.79 Å². The number of hydrogen-bond acceptors (Lipinski definition) is 4. The summed E-state index contributed by atoms with van der Waals surface area (Å²) in [5.41, 5.74) is 0.699. The third-order valence-electron chi connectivity index (χ3n) is 2.51. The molecule has 0 aromatic carbocycles. The van der Waals surface area contributed by atoms with Gasteiger partial charge in [-0.3, -0.25) is 9.36 Å². The van der Waals surface area contributed by atoms with E-state index >= 15 is 0 Å². The average Bonchev–Trinajstić information content (AvgIpc) is 2.92. The van der Waals surface area contributed by atoms with Crippen molar-refractivity contribution in [1.29, 1.82) is 0 Å². The first-order valence-corrected chi connectivity index (χ1v) is 6.77. The summed E-state index contributed by atoms with van der Waals surface area (Å²) in [7, 11) is 0. The van der Waals surface area contributed by atoms with Gasteiger partial charge in [-0.15, -0.1) is 0 Å². The molecule has 18 heavy (non-hydrogen) atoms. The fourth-order valence-electron chi connectivity index (χ4n) is 1.36. The molecule has 2 heterocycles. The first-order chi connectivity index (χ1) is 8.70. The number of nitrogens with zero attached hydrogens (tertiary/aromatic N) is 3. The zero-order valence-electron chi connectivity index (χ0n) is 10.2. The van der Waals surface area contributed by atoms with E-state index in [-0.39, 0.29) is 11.2 Å². The predicted molar refractivity (Wildman–Crippen MR) is 73.0 cm³/mol. The highest BCUT2D eigenvalue weighted by Crippen LogP contribution is 2.12. The molecule has 94 valence electrons. The number of amides is 1. The number of aromatic nitrogens is 3. The molecule has 0 aliphatic heterocycles. The molecule has 0 aliphatic carbocycles. The SMILES string of the molecule is CS[C@H](C)C(=O)Nc1ccc(-n2ccnc2)nc1. The van der Waals surface area contributed by atoms with Crippen LogP contribution in [0.3, 0.4) is 0 Å². The fraction of sp³-hybridized carbons (Fsp3) is 0.250. The molecule has 2 rings (SSSR count). The summed E-state index contributed by atoms with van der Waals surface area (Å²) in [5, 5.41) is 2.75. The Hall–Kier alpha value is -1.82. The lowest BCUT2D eigenvalue weighted by atomic mass is 10.3. The molecular formula is C12H14N4OS. The van der Waals surface area contributed by atoms with Crippen molar-refractivity contribution in [2.24, 2.45) is 0 Å². The Labute approximate surface area is 110 Å². The van der Waals surface area contributed by atoms with Crippen molar-refractivity contribution in [2.45, 2.75) is 12.2 Å². The van der Waals surface area contributed by atoms with Gasteiger partial charge in [-0.05, 0) is 25.3 Å². The quantitative estimate of drug-likeness (QED) is 0.915. The molecule has 2 aromatic rings. The van der Waals surface area contributed by atoms with Crippen LogP contribution in [0.5, 0.6) is 0 Å². The molecule has 0 spiro atoms. The predicted octanol–water partition coefficient (Wildman–Crippen LogP) is 1.96. The number of pyridine rings is 1. The van der Waals surface area contributed by atoms with Crippen molar-refractivity contribution in [3.63, 3.8) is 0 Å². The number of imidazole rings is 1. The fourth-order valence-corrected chi connectivity index (χ4v) is 1.63. The summed E-state index contributed by atoms with van der Waals surface area (Å²) in [6.45, 7) is 1.87. The maximum absolute atomic E-state index is 11.7. The monoisotopic (exact) mass is 262 g/mol. The molecule has 0 radical (unpaired) electrons. The third kappa shape index (κ3) is 2.89. The average molecular weight is 262 g/mol. The minimum Gasteiger partial charge on any atom is -0.324 e. The topological polar surface area (TPSA) is 59.8 Å². The first-order valence-electron chi connectivity index (χ1n) is 5.49. The van der Waals surface area contributed by atoms with E-state index in [1.165, 1.54) is 11.8 Å². The number of rotatable bonds is 4. The van der Waals surface area contributed by atoms with Crippen LogP contribution in [0.25, 0.3) is 5.82 Å². The van der Waals surface area contributed by atoms with Gasteiger partial charge in [0.15, 0.2) is 0 Å². The Morgan fingerprint density at radius 1 is 1.50 bits per heavy atom. The van der Waals surface area contributed by atoms with E-state index in [1.54, 1.807) is 23.3 Å². The Bertz CT molecular complexity index is 509. The lowest BCUT2D eigenvalue weighted by Gasteiger charge is -2.09. The zero-order chi connectivity index (χ0) is 13.0. The van der Waals surface area contributed by atoms with Crippen LogP contribution < -0.4 is 5.32 Å². The molecule has 0 unspecified atom stereocenters. The number of hydrogen-bond donors (Lipinski definition) is 1. The second kappa shape index (κ2) is 5.68. The summed E-state index contributed by atoms with van der Waals surface area (Å²) in [5.74, 6) is 0.753. The van der Waals surface area contributed by atoms with Crippen LogP contribution in [0.2, 0.25) is 0 Å². The largest absolute Gasteiger partial charge is 0.324 e. The molecule has 0 aliphatic rings. The van der Waals surface area contributed by atoms with Crippen LogP contribution in [-0.4, -0.2) is 31.9 Å². The molecule has 0 bridgehead atoms. The number of carbonyl (C=O) groups is 1. The molecule has 2 aromatic heterocycles. The van der Waals surface area contributed by atoms with Gasteiger partial charge in [0.2, 0.25) is 5.91 Å². The van der Waals surface area contributed by atoms with E-state index in [4.69, 9.17) is 0 Å². The van der Waals surface area contributed by atoms with Gasteiger partial charge in [0.25, 0.3) is 0 Å².